The van der Waals surface area contributed by atoms with Crippen molar-refractivity contribution in [3.05, 3.63) is 25.3 Å². The fourth-order valence-corrected chi connectivity index (χ4v) is 7.85. The van der Waals surface area contributed by atoms with E-state index in [0.717, 1.165) is 0 Å². The molecular formula is C20H26N10O12P2S. The van der Waals surface area contributed by atoms with Crippen LogP contribution in [0.1, 0.15) is 12.5 Å². The molecule has 2 aliphatic rings. The summed E-state index contributed by atoms with van der Waals surface area (Å²) in [6, 6.07) is 0. The van der Waals surface area contributed by atoms with Gasteiger partial charge in [0.1, 0.15) is 60.3 Å². The summed E-state index contributed by atoms with van der Waals surface area (Å²) >= 11 is 4.81. The SMILES string of the molecule is Nc1ncnc2c1ncn2[C@@H]1O[C@H](COP(=O)(O)OP(O)(=S)OC[C@H]2O[C@@H](n3cnc4c(N)ncnc43)[C@H](O)[C@@H]2O)[C@@H](O)[C@H]1O. The molecular weight excluding hydrogens is 666 g/mol. The Morgan fingerprint density at radius 2 is 1.20 bits per heavy atom. The van der Waals surface area contributed by atoms with Crippen molar-refractivity contribution in [2.24, 2.45) is 0 Å². The molecule has 2 aliphatic heterocycles. The normalized spacial score (nSPS) is 31.4. The number of hydrogen-bond donors (Lipinski definition) is 8. The number of nitrogen functional groups attached to an aromatic ring is 2. The molecule has 0 saturated carbocycles. The molecule has 2 unspecified atom stereocenters. The first-order valence-electron chi connectivity index (χ1n) is 12.8. The molecule has 2 saturated heterocycles. The van der Waals surface area contributed by atoms with Gasteiger partial charge in [-0.3, -0.25) is 13.7 Å². The lowest BCUT2D eigenvalue weighted by Gasteiger charge is -2.22. The zero-order valence-electron chi connectivity index (χ0n) is 22.5. The van der Waals surface area contributed by atoms with Gasteiger partial charge in [-0.05, 0) is 11.8 Å². The second-order valence-corrected chi connectivity index (χ2v) is 14.3. The van der Waals surface area contributed by atoms with Crippen molar-refractivity contribution in [2.45, 2.75) is 49.1 Å². The molecule has 10 N–H and O–H groups in total. The molecule has 2 fully saturated rings. The number of fused-ring (bicyclic) bond motifs is 2. The van der Waals surface area contributed by atoms with E-state index in [9.17, 15) is 34.8 Å². The minimum Gasteiger partial charge on any atom is -0.387 e. The van der Waals surface area contributed by atoms with Gasteiger partial charge in [0.15, 0.2) is 35.4 Å². The van der Waals surface area contributed by atoms with Crippen LogP contribution in [0.3, 0.4) is 0 Å². The molecule has 22 nitrogen and oxygen atoms in total. The van der Waals surface area contributed by atoms with Crippen LogP contribution >= 0.6 is 14.5 Å². The second-order valence-electron chi connectivity index (χ2n) is 9.87. The van der Waals surface area contributed by atoms with Gasteiger partial charge in [-0.1, -0.05) is 0 Å². The van der Waals surface area contributed by atoms with Gasteiger partial charge >= 0.3 is 14.5 Å². The Labute approximate surface area is 256 Å². The van der Waals surface area contributed by atoms with Crippen LogP contribution in [-0.2, 0) is 39.2 Å². The number of phosphoric acid groups is 1. The van der Waals surface area contributed by atoms with Crippen LogP contribution < -0.4 is 11.5 Å². The van der Waals surface area contributed by atoms with E-state index in [1.807, 2.05) is 0 Å². The Morgan fingerprint density at radius 3 is 1.67 bits per heavy atom. The van der Waals surface area contributed by atoms with E-state index in [2.05, 4.69) is 34.2 Å². The summed E-state index contributed by atoms with van der Waals surface area (Å²) in [5, 5.41) is 42.1. The summed E-state index contributed by atoms with van der Waals surface area (Å²) < 4.78 is 41.1. The number of nitrogens with zero attached hydrogens (tertiary/aromatic N) is 8. The van der Waals surface area contributed by atoms with Crippen LogP contribution in [0.4, 0.5) is 11.6 Å². The number of imidazole rings is 2. The number of rotatable bonds is 10. The molecule has 10 atom stereocenters. The highest BCUT2D eigenvalue weighted by Gasteiger charge is 2.47. The lowest BCUT2D eigenvalue weighted by Crippen LogP contribution is -2.34. The third-order valence-corrected chi connectivity index (χ3v) is 10.5. The summed E-state index contributed by atoms with van der Waals surface area (Å²) in [5.74, 6) is 0.155. The first kappa shape index (κ1) is 32.1. The molecule has 244 valence electrons. The second kappa shape index (κ2) is 12.1. The van der Waals surface area contributed by atoms with E-state index in [1.165, 1.54) is 34.4 Å². The largest absolute Gasteiger partial charge is 0.479 e. The molecule has 4 aromatic rings. The number of nitrogens with two attached hydrogens (primary N) is 2. The first-order valence-corrected chi connectivity index (χ1v) is 16.9. The number of aliphatic hydroxyl groups is 4. The zero-order chi connectivity index (χ0) is 32.3. The molecule has 6 rings (SSSR count). The smallest absolute Gasteiger partial charge is 0.387 e. The van der Waals surface area contributed by atoms with Crippen molar-refractivity contribution in [1.29, 1.82) is 0 Å². The summed E-state index contributed by atoms with van der Waals surface area (Å²) in [7, 11) is -5.16. The number of hydrogen-bond acceptors (Lipinski definition) is 19. The first-order chi connectivity index (χ1) is 21.3. The molecule has 0 spiro atoms. The van der Waals surface area contributed by atoms with E-state index < -0.39 is 76.8 Å². The fraction of sp³-hybridized carbons (Fsp3) is 0.500. The van der Waals surface area contributed by atoms with Gasteiger partial charge in [0.05, 0.1) is 25.9 Å². The van der Waals surface area contributed by atoms with Crippen LogP contribution in [0.25, 0.3) is 22.3 Å². The van der Waals surface area contributed by atoms with Crippen molar-refractivity contribution in [2.75, 3.05) is 24.7 Å². The highest BCUT2D eigenvalue weighted by molar-refractivity contribution is 8.08. The maximum absolute atomic E-state index is 12.6. The van der Waals surface area contributed by atoms with Gasteiger partial charge < -0.3 is 55.7 Å². The van der Waals surface area contributed by atoms with Gasteiger partial charge in [-0.2, -0.15) is 0 Å². The van der Waals surface area contributed by atoms with E-state index in [-0.39, 0.29) is 34.0 Å². The maximum atomic E-state index is 12.6. The van der Waals surface area contributed by atoms with Crippen molar-refractivity contribution in [3.8, 4) is 0 Å². The van der Waals surface area contributed by atoms with Crippen LogP contribution in [0.5, 0.6) is 0 Å². The van der Waals surface area contributed by atoms with Crippen molar-refractivity contribution < 1.29 is 57.6 Å². The molecule has 4 aromatic heterocycles. The van der Waals surface area contributed by atoms with Crippen LogP contribution in [-0.4, -0.2) is 119 Å². The summed E-state index contributed by atoms with van der Waals surface area (Å²) in [6.45, 7) is -6.02. The third kappa shape index (κ3) is 6.16. The highest BCUT2D eigenvalue weighted by Crippen LogP contribution is 2.61. The summed E-state index contributed by atoms with van der Waals surface area (Å²) in [5.41, 5.74) is 12.4. The van der Waals surface area contributed by atoms with Gasteiger partial charge in [-0.15, -0.1) is 0 Å². The molecule has 0 aromatic carbocycles. The molecule has 0 radical (unpaired) electrons. The number of anilines is 2. The quantitative estimate of drug-likeness (QED) is 0.0792. The predicted molar refractivity (Wildman–Crippen MR) is 151 cm³/mol. The standard InChI is InChI=1S/C20H26N10O12P2S/c21-15-9-17(25-3-23-15)29(5-27-9)19-13(33)11(31)7(40-19)1-38-43(35,36)42-44(37,45)39-2-8-12(32)14(34)20(41-8)30-6-28-10-16(22)24-4-26-18(10)30/h3-8,11-14,19-20,31-34H,1-2H2,(H,35,36)(H,37,45)(H2,21,23,25)(H2,22,24,26)/t7-,8-,11-,12-,13-,14-,19-,20-,44?/m1/s1. The number of ether oxygens (including phenoxy) is 2. The Hall–Kier alpha value is -2.86. The lowest BCUT2D eigenvalue weighted by atomic mass is 10.1. The van der Waals surface area contributed by atoms with Gasteiger partial charge in [-0.25, -0.2) is 38.8 Å². The molecule has 45 heavy (non-hydrogen) atoms. The van der Waals surface area contributed by atoms with Crippen molar-refractivity contribution in [3.63, 3.8) is 0 Å². The van der Waals surface area contributed by atoms with Crippen LogP contribution in [0, 0.1) is 0 Å². The van der Waals surface area contributed by atoms with Crippen molar-refractivity contribution in [1.82, 2.24) is 39.0 Å². The Balaban J connectivity index is 1.04. The third-order valence-electron chi connectivity index (χ3n) is 7.01. The Kier molecular flexibility index (Phi) is 8.60. The minimum atomic E-state index is -5.16. The average molecular weight is 693 g/mol. The predicted octanol–water partition coefficient (Wildman–Crippen LogP) is -2.56. The van der Waals surface area contributed by atoms with Gasteiger partial charge in [0, 0.05) is 0 Å². The lowest BCUT2D eigenvalue weighted by molar-refractivity contribution is -0.0518. The van der Waals surface area contributed by atoms with Crippen molar-refractivity contribution >= 4 is 60.3 Å². The molecule has 6 heterocycles. The Bertz CT molecular complexity index is 1690. The summed E-state index contributed by atoms with van der Waals surface area (Å²) in [6.07, 6.45) is -6.44. The molecule has 0 aliphatic carbocycles. The van der Waals surface area contributed by atoms with E-state index in [0.29, 0.717) is 0 Å². The zero-order valence-corrected chi connectivity index (χ0v) is 25.1. The van der Waals surface area contributed by atoms with Crippen LogP contribution in [0.2, 0.25) is 0 Å². The summed E-state index contributed by atoms with van der Waals surface area (Å²) in [4.78, 5) is 44.5. The Morgan fingerprint density at radius 1 is 0.756 bits per heavy atom. The number of aromatic nitrogens is 8. The molecule has 0 bridgehead atoms. The van der Waals surface area contributed by atoms with E-state index in [4.69, 9.17) is 41.8 Å². The van der Waals surface area contributed by atoms with Gasteiger partial charge in [0.25, 0.3) is 0 Å². The number of phosphoric ester groups is 1. The van der Waals surface area contributed by atoms with E-state index >= 15 is 0 Å². The molecule has 0 amide bonds. The number of aliphatic hydroxyl groups excluding tert-OH is 4. The average Bonchev–Trinajstić information content (AvgIpc) is 3.73. The fourth-order valence-electron chi connectivity index (χ4n) is 4.82. The van der Waals surface area contributed by atoms with Gasteiger partial charge in [0.2, 0.25) is 0 Å². The monoisotopic (exact) mass is 692 g/mol. The maximum Gasteiger partial charge on any atom is 0.479 e. The van der Waals surface area contributed by atoms with E-state index in [1.54, 1.807) is 0 Å². The topological polar surface area (TPSA) is 324 Å². The highest BCUT2D eigenvalue weighted by atomic mass is 32.5. The molecule has 25 heteroatoms. The van der Waals surface area contributed by atoms with Crippen LogP contribution in [0.15, 0.2) is 25.3 Å². The minimum absolute atomic E-state index is 0.0736.